The second-order valence-corrected chi connectivity index (χ2v) is 8.75. The first-order valence-corrected chi connectivity index (χ1v) is 10.1. The maximum atomic E-state index is 12.4. The summed E-state index contributed by atoms with van der Waals surface area (Å²) in [5.41, 5.74) is 2.75. The summed E-state index contributed by atoms with van der Waals surface area (Å²) in [4.78, 5) is 26.2. The molecule has 6 nitrogen and oxygen atoms in total. The Morgan fingerprint density at radius 2 is 2.12 bits per heavy atom. The maximum Gasteiger partial charge on any atom is 0.237 e. The number of hydrogen-bond donors (Lipinski definition) is 2. The molecule has 0 saturated carbocycles. The summed E-state index contributed by atoms with van der Waals surface area (Å²) in [5, 5.41) is 2.00. The summed E-state index contributed by atoms with van der Waals surface area (Å²) in [7, 11) is 0.215. The normalized spacial score (nSPS) is 25.7. The molecule has 2 aliphatic heterocycles. The zero-order valence-electron chi connectivity index (χ0n) is 14.3. The van der Waals surface area contributed by atoms with Crippen molar-refractivity contribution in [3.05, 3.63) is 23.3 Å². The summed E-state index contributed by atoms with van der Waals surface area (Å²) >= 11 is 4.15. The van der Waals surface area contributed by atoms with Crippen molar-refractivity contribution in [2.75, 3.05) is 18.6 Å². The Hall–Kier alpha value is -1.54. The molecule has 25 heavy (non-hydrogen) atoms. The van der Waals surface area contributed by atoms with E-state index in [1.807, 2.05) is 19.1 Å². The molecule has 3 rings (SSSR count). The SMILES string of the molecule is CCCN1C(=O)CCc2c(CC3C(=O)NC(S)S3=O)ccc(OC)c21. The van der Waals surface area contributed by atoms with Crippen molar-refractivity contribution in [1.29, 1.82) is 0 Å². The molecular weight excluding hydrogens is 360 g/mol. The van der Waals surface area contributed by atoms with Gasteiger partial charge in [-0.05, 0) is 36.5 Å². The van der Waals surface area contributed by atoms with Crippen LogP contribution >= 0.6 is 12.6 Å². The number of amides is 2. The van der Waals surface area contributed by atoms with Crippen molar-refractivity contribution >= 4 is 40.9 Å². The molecule has 1 aromatic rings. The average molecular weight is 383 g/mol. The number of hydrogen-bond acceptors (Lipinski definition) is 5. The van der Waals surface area contributed by atoms with Crippen LogP contribution in [0.5, 0.6) is 5.75 Å². The Balaban J connectivity index is 2.01. The number of nitrogens with one attached hydrogen (secondary N) is 1. The lowest BCUT2D eigenvalue weighted by Crippen LogP contribution is -2.37. The number of fused-ring (bicyclic) bond motifs is 1. The van der Waals surface area contributed by atoms with E-state index in [-0.39, 0.29) is 11.8 Å². The molecule has 1 saturated heterocycles. The predicted molar refractivity (Wildman–Crippen MR) is 101 cm³/mol. The Kier molecular flexibility index (Phi) is 5.38. The van der Waals surface area contributed by atoms with Crippen LogP contribution in [0.1, 0.15) is 30.9 Å². The second kappa shape index (κ2) is 7.37. The number of carbonyl (C=O) groups is 2. The predicted octanol–water partition coefficient (Wildman–Crippen LogP) is 1.39. The van der Waals surface area contributed by atoms with Crippen molar-refractivity contribution in [1.82, 2.24) is 5.32 Å². The van der Waals surface area contributed by atoms with Gasteiger partial charge in [-0.15, -0.1) is 12.6 Å². The van der Waals surface area contributed by atoms with Crippen molar-refractivity contribution in [3.8, 4) is 5.75 Å². The van der Waals surface area contributed by atoms with E-state index < -0.39 is 20.8 Å². The summed E-state index contributed by atoms with van der Waals surface area (Å²) < 4.78 is 17.1. The number of rotatable bonds is 5. The fourth-order valence-electron chi connectivity index (χ4n) is 3.45. The topological polar surface area (TPSA) is 75.7 Å². The molecule has 0 bridgehead atoms. The number of nitrogens with zero attached hydrogens (tertiary/aromatic N) is 1. The minimum atomic E-state index is -1.37. The lowest BCUT2D eigenvalue weighted by molar-refractivity contribution is -0.120. The van der Waals surface area contributed by atoms with Gasteiger partial charge in [-0.1, -0.05) is 13.0 Å². The highest BCUT2D eigenvalue weighted by Gasteiger charge is 2.39. The van der Waals surface area contributed by atoms with E-state index in [4.69, 9.17) is 4.74 Å². The smallest absolute Gasteiger partial charge is 0.237 e. The molecule has 3 atom stereocenters. The Bertz CT molecular complexity index is 738. The van der Waals surface area contributed by atoms with E-state index in [0.29, 0.717) is 31.6 Å². The van der Waals surface area contributed by atoms with Crippen LogP contribution in [0.3, 0.4) is 0 Å². The molecule has 2 heterocycles. The first kappa shape index (κ1) is 18.3. The van der Waals surface area contributed by atoms with Crippen LogP contribution in [0.4, 0.5) is 5.69 Å². The molecule has 1 fully saturated rings. The highest BCUT2D eigenvalue weighted by molar-refractivity contribution is 8.02. The highest BCUT2D eigenvalue weighted by atomic mass is 32.2. The number of carbonyl (C=O) groups excluding carboxylic acids is 2. The average Bonchev–Trinajstić information content (AvgIpc) is 2.83. The van der Waals surface area contributed by atoms with Gasteiger partial charge in [0.15, 0.2) is 0 Å². The van der Waals surface area contributed by atoms with Gasteiger partial charge in [-0.2, -0.15) is 0 Å². The monoisotopic (exact) mass is 382 g/mol. The largest absolute Gasteiger partial charge is 0.495 e. The molecule has 8 heteroatoms. The molecule has 1 aromatic carbocycles. The van der Waals surface area contributed by atoms with Gasteiger partial charge in [0, 0.05) is 13.0 Å². The van der Waals surface area contributed by atoms with E-state index >= 15 is 0 Å². The number of methoxy groups -OCH3 is 1. The van der Waals surface area contributed by atoms with Crippen molar-refractivity contribution in [2.45, 2.75) is 42.6 Å². The first-order chi connectivity index (χ1) is 12.0. The summed E-state index contributed by atoms with van der Waals surface area (Å²) in [6, 6.07) is 3.73. The van der Waals surface area contributed by atoms with Gasteiger partial charge in [0.05, 0.1) is 23.6 Å². The highest BCUT2D eigenvalue weighted by Crippen LogP contribution is 2.39. The third-order valence-electron chi connectivity index (χ3n) is 4.63. The standard InChI is InChI=1S/C17H22N2O4S2/c1-3-8-19-14(20)7-5-11-10(4-6-12(23-2)15(11)19)9-13-16(21)18-17(24)25(13)22/h4,6,13,17,24H,3,5,7-9H2,1-2H3,(H,18,21). The first-order valence-electron chi connectivity index (χ1n) is 8.34. The number of benzene rings is 1. The minimum Gasteiger partial charge on any atom is -0.495 e. The quantitative estimate of drug-likeness (QED) is 0.755. The van der Waals surface area contributed by atoms with E-state index in [9.17, 15) is 13.8 Å². The lowest BCUT2D eigenvalue weighted by Gasteiger charge is -2.32. The van der Waals surface area contributed by atoms with E-state index in [0.717, 1.165) is 23.2 Å². The number of thiol groups is 1. The third-order valence-corrected chi connectivity index (χ3v) is 6.89. The van der Waals surface area contributed by atoms with Gasteiger partial charge in [0.2, 0.25) is 11.8 Å². The van der Waals surface area contributed by atoms with Gasteiger partial charge in [-0.25, -0.2) is 0 Å². The number of ether oxygens (including phenoxy) is 1. The number of anilines is 1. The zero-order chi connectivity index (χ0) is 18.1. The Morgan fingerprint density at radius 1 is 1.36 bits per heavy atom. The molecule has 1 N–H and O–H groups in total. The third kappa shape index (κ3) is 3.29. The van der Waals surface area contributed by atoms with Crippen LogP contribution in [0.25, 0.3) is 0 Å². The molecule has 0 aromatic heterocycles. The Morgan fingerprint density at radius 3 is 2.72 bits per heavy atom. The van der Waals surface area contributed by atoms with Crippen LogP contribution in [-0.2, 0) is 33.2 Å². The van der Waals surface area contributed by atoms with E-state index in [1.54, 1.807) is 12.0 Å². The molecule has 136 valence electrons. The van der Waals surface area contributed by atoms with E-state index in [1.165, 1.54) is 0 Å². The summed E-state index contributed by atoms with van der Waals surface area (Å²) in [6.45, 7) is 2.65. The zero-order valence-corrected chi connectivity index (χ0v) is 16.0. The lowest BCUT2D eigenvalue weighted by atomic mass is 9.92. The molecule has 0 spiro atoms. The van der Waals surface area contributed by atoms with Gasteiger partial charge in [-0.3, -0.25) is 13.8 Å². The van der Waals surface area contributed by atoms with Crippen LogP contribution in [-0.4, -0.2) is 39.6 Å². The fourth-order valence-corrected chi connectivity index (χ4v) is 5.18. The summed E-state index contributed by atoms with van der Waals surface area (Å²) in [6.07, 6.45) is 2.25. The molecule has 2 amide bonds. The van der Waals surface area contributed by atoms with Gasteiger partial charge in [0.1, 0.15) is 15.7 Å². The van der Waals surface area contributed by atoms with Crippen LogP contribution in [0.15, 0.2) is 12.1 Å². The maximum absolute atomic E-state index is 12.4. The minimum absolute atomic E-state index is 0.0856. The Labute approximate surface area is 155 Å². The summed E-state index contributed by atoms with van der Waals surface area (Å²) in [5.74, 6) is 0.506. The van der Waals surface area contributed by atoms with Crippen LogP contribution < -0.4 is 15.0 Å². The molecule has 3 unspecified atom stereocenters. The second-order valence-electron chi connectivity index (χ2n) is 6.18. The molecule has 0 radical (unpaired) electrons. The van der Waals surface area contributed by atoms with Crippen molar-refractivity contribution < 1.29 is 18.5 Å². The fraction of sp³-hybridized carbons (Fsp3) is 0.529. The molecule has 0 aliphatic carbocycles. The van der Waals surface area contributed by atoms with Gasteiger partial charge >= 0.3 is 0 Å². The van der Waals surface area contributed by atoms with Crippen LogP contribution in [0.2, 0.25) is 0 Å². The van der Waals surface area contributed by atoms with Gasteiger partial charge < -0.3 is 15.0 Å². The van der Waals surface area contributed by atoms with Crippen molar-refractivity contribution in [3.63, 3.8) is 0 Å². The van der Waals surface area contributed by atoms with Gasteiger partial charge in [0.25, 0.3) is 0 Å². The molecular formula is C17H22N2O4S2. The molecule has 2 aliphatic rings. The van der Waals surface area contributed by atoms with Crippen molar-refractivity contribution in [2.24, 2.45) is 0 Å². The van der Waals surface area contributed by atoms with Crippen LogP contribution in [0, 0.1) is 0 Å². The van der Waals surface area contributed by atoms with E-state index in [2.05, 4.69) is 17.9 Å².